The summed E-state index contributed by atoms with van der Waals surface area (Å²) in [5, 5.41) is 52.2. The maximum atomic E-state index is 13.1. The van der Waals surface area contributed by atoms with Gasteiger partial charge in [-0.05, 0) is 52.5 Å². The highest BCUT2D eigenvalue weighted by molar-refractivity contribution is 5.79. The summed E-state index contributed by atoms with van der Waals surface area (Å²) in [4.78, 5) is 79.3. The molecular formula is C42H67N11O11. The number of hydrogen-bond acceptors (Lipinski definition) is 16. The van der Waals surface area contributed by atoms with Crippen LogP contribution in [0.3, 0.4) is 0 Å². The number of aliphatic carboxylic acids is 3. The molecule has 3 amide bonds. The molecule has 1 aromatic carbocycles. The summed E-state index contributed by atoms with van der Waals surface area (Å²) < 4.78 is 12.2. The van der Waals surface area contributed by atoms with Gasteiger partial charge in [-0.1, -0.05) is 24.3 Å². The van der Waals surface area contributed by atoms with Crippen molar-refractivity contribution in [3.63, 3.8) is 0 Å². The van der Waals surface area contributed by atoms with E-state index in [4.69, 9.17) is 9.47 Å². The van der Waals surface area contributed by atoms with E-state index < -0.39 is 29.1 Å². The van der Waals surface area contributed by atoms with Crippen molar-refractivity contribution in [2.45, 2.75) is 77.5 Å². The van der Waals surface area contributed by atoms with Gasteiger partial charge in [-0.3, -0.25) is 48.4 Å². The maximum Gasteiger partial charge on any atom is 0.317 e. The molecule has 2 heterocycles. The summed E-state index contributed by atoms with van der Waals surface area (Å²) >= 11 is 0. The van der Waals surface area contributed by atoms with Crippen molar-refractivity contribution in [2.75, 3.05) is 105 Å². The van der Waals surface area contributed by atoms with Crippen LogP contribution in [0.15, 0.2) is 30.6 Å². The van der Waals surface area contributed by atoms with E-state index in [0.717, 1.165) is 11.1 Å². The topological polar surface area (TPSA) is 282 Å². The second kappa shape index (κ2) is 27.8. The van der Waals surface area contributed by atoms with Crippen LogP contribution < -0.4 is 16.0 Å². The zero-order chi connectivity index (χ0) is 47.0. The Kier molecular flexibility index (Phi) is 23.1. The molecule has 3 rings (SSSR count). The number of carboxylic acids is 3. The Morgan fingerprint density at radius 1 is 0.578 bits per heavy atom. The molecule has 64 heavy (non-hydrogen) atoms. The van der Waals surface area contributed by atoms with Crippen LogP contribution in [-0.2, 0) is 44.8 Å². The molecule has 0 bridgehead atoms. The first-order chi connectivity index (χ1) is 30.4. The minimum Gasteiger partial charge on any atom is -0.480 e. The van der Waals surface area contributed by atoms with Crippen LogP contribution in [0.25, 0.3) is 11.4 Å². The van der Waals surface area contributed by atoms with Gasteiger partial charge in [0, 0.05) is 90.4 Å². The number of ether oxygens (including phenoxy) is 2. The van der Waals surface area contributed by atoms with Gasteiger partial charge in [0.2, 0.25) is 23.5 Å². The van der Waals surface area contributed by atoms with Crippen molar-refractivity contribution in [2.24, 2.45) is 0 Å². The van der Waals surface area contributed by atoms with Gasteiger partial charge in [0.15, 0.2) is 6.33 Å². The van der Waals surface area contributed by atoms with Crippen LogP contribution in [0.5, 0.6) is 0 Å². The zero-order valence-corrected chi connectivity index (χ0v) is 37.6. The number of carbonyl (C=O) groups is 6. The van der Waals surface area contributed by atoms with Crippen molar-refractivity contribution >= 4 is 35.6 Å². The van der Waals surface area contributed by atoms with Gasteiger partial charge in [-0.25, -0.2) is 0 Å². The third-order valence-corrected chi connectivity index (χ3v) is 10.5. The molecule has 0 saturated carbocycles. The molecule has 356 valence electrons. The van der Waals surface area contributed by atoms with Crippen molar-refractivity contribution < 1.29 is 53.6 Å². The lowest BCUT2D eigenvalue weighted by Crippen LogP contribution is -2.50. The van der Waals surface area contributed by atoms with E-state index in [1.54, 1.807) is 14.7 Å². The number of benzene rings is 1. The third kappa shape index (κ3) is 23.4. The number of hydrogen-bond donors (Lipinski definition) is 6. The van der Waals surface area contributed by atoms with E-state index in [9.17, 15) is 44.1 Å². The Hall–Kier alpha value is -5.26. The molecule has 2 aromatic rings. The van der Waals surface area contributed by atoms with E-state index in [1.165, 1.54) is 6.33 Å². The van der Waals surface area contributed by atoms with Crippen molar-refractivity contribution in [1.82, 2.24) is 55.9 Å². The predicted molar refractivity (Wildman–Crippen MR) is 233 cm³/mol. The van der Waals surface area contributed by atoms with Gasteiger partial charge in [-0.2, -0.15) is 0 Å². The third-order valence-electron chi connectivity index (χ3n) is 10.5. The molecule has 0 unspecified atom stereocenters. The molecule has 1 aromatic heterocycles. The zero-order valence-electron chi connectivity index (χ0n) is 37.6. The monoisotopic (exact) mass is 902 g/mol. The number of carbonyl (C=O) groups excluding carboxylic acids is 3. The fourth-order valence-electron chi connectivity index (χ4n) is 6.66. The van der Waals surface area contributed by atoms with E-state index in [2.05, 4.69) is 36.3 Å². The molecule has 0 atom stereocenters. The number of aromatic nitrogens is 4. The van der Waals surface area contributed by atoms with Gasteiger partial charge >= 0.3 is 17.9 Å². The number of nitrogens with zero attached hydrogens (tertiary/aromatic N) is 8. The van der Waals surface area contributed by atoms with Crippen LogP contribution in [0.4, 0.5) is 0 Å². The Balaban J connectivity index is 1.31. The van der Waals surface area contributed by atoms with Crippen LogP contribution in [0, 0.1) is 0 Å². The molecule has 6 N–H and O–H groups in total. The number of nitrogens with one attached hydrogen (secondary N) is 3. The molecule has 1 saturated heterocycles. The summed E-state index contributed by atoms with van der Waals surface area (Å²) in [6.45, 7) is 11.3. The summed E-state index contributed by atoms with van der Waals surface area (Å²) in [5.41, 5.74) is 0.578. The fourth-order valence-corrected chi connectivity index (χ4v) is 6.66. The van der Waals surface area contributed by atoms with Gasteiger partial charge in [0.1, 0.15) is 0 Å². The van der Waals surface area contributed by atoms with Gasteiger partial charge in [-0.15, -0.1) is 20.4 Å². The number of amides is 3. The molecule has 0 aliphatic carbocycles. The second-order valence-electron chi connectivity index (χ2n) is 16.9. The summed E-state index contributed by atoms with van der Waals surface area (Å²) in [7, 11) is 0. The molecular weight excluding hydrogens is 835 g/mol. The standard InChI is InChI=1S/C42H67N11O11/c1-41(2,12-14-43-36(56)27-50-16-18-51(28-37(57)58)20-22-53(30-39(61)62)23-21-52(19-17-50)29-38(59)60)63-24-13-42(3,4)64-25-15-44-34(54)6-5-7-35(55)45-26-32-8-10-33(11-9-32)40-48-46-31-47-49-40/h8-11,31H,5-7,12-30H2,1-4H3,(H,43,56)(H,44,54)(H,45,55)(H,57,58)(H,59,60)(H,61,62). The Labute approximate surface area is 374 Å². The Morgan fingerprint density at radius 2 is 1.02 bits per heavy atom. The summed E-state index contributed by atoms with van der Waals surface area (Å²) in [6.07, 6.45) is 3.21. The second-order valence-corrected chi connectivity index (χ2v) is 16.9. The molecule has 1 aliphatic rings. The van der Waals surface area contributed by atoms with E-state index in [1.807, 2.05) is 56.9 Å². The highest BCUT2D eigenvalue weighted by Gasteiger charge is 2.25. The van der Waals surface area contributed by atoms with E-state index in [0.29, 0.717) is 110 Å². The lowest BCUT2D eigenvalue weighted by molar-refractivity contribution is -0.140. The molecule has 0 radical (unpaired) electrons. The van der Waals surface area contributed by atoms with Crippen LogP contribution in [-0.4, -0.2) is 207 Å². The Morgan fingerprint density at radius 3 is 1.52 bits per heavy atom. The summed E-state index contributed by atoms with van der Waals surface area (Å²) in [5.74, 6) is -3.19. The lowest BCUT2D eigenvalue weighted by atomic mass is 10.0. The molecule has 0 spiro atoms. The van der Waals surface area contributed by atoms with E-state index >= 15 is 0 Å². The van der Waals surface area contributed by atoms with Crippen molar-refractivity contribution in [3.05, 3.63) is 36.2 Å². The summed E-state index contributed by atoms with van der Waals surface area (Å²) in [6, 6.07) is 7.39. The van der Waals surface area contributed by atoms with E-state index in [-0.39, 0.29) is 56.7 Å². The highest BCUT2D eigenvalue weighted by atomic mass is 16.5. The molecule has 1 fully saturated rings. The van der Waals surface area contributed by atoms with Gasteiger partial charge in [0.05, 0.1) is 50.6 Å². The van der Waals surface area contributed by atoms with Crippen LogP contribution >= 0.6 is 0 Å². The van der Waals surface area contributed by atoms with Crippen molar-refractivity contribution in [1.29, 1.82) is 0 Å². The Bertz CT molecular complexity index is 1740. The normalized spacial score (nSPS) is 15.4. The minimum absolute atomic E-state index is 0.0261. The molecule has 22 nitrogen and oxygen atoms in total. The first-order valence-corrected chi connectivity index (χ1v) is 21.6. The van der Waals surface area contributed by atoms with Crippen molar-refractivity contribution in [3.8, 4) is 11.4 Å². The van der Waals surface area contributed by atoms with Gasteiger partial charge in [0.25, 0.3) is 0 Å². The first kappa shape index (κ1) is 53.1. The maximum absolute atomic E-state index is 13.1. The van der Waals surface area contributed by atoms with Gasteiger partial charge < -0.3 is 40.7 Å². The van der Waals surface area contributed by atoms with Crippen LogP contribution in [0.2, 0.25) is 0 Å². The highest BCUT2D eigenvalue weighted by Crippen LogP contribution is 2.19. The minimum atomic E-state index is -1.03. The van der Waals surface area contributed by atoms with Crippen LogP contribution in [0.1, 0.15) is 65.4 Å². The largest absolute Gasteiger partial charge is 0.480 e. The fraction of sp³-hybridized carbons (Fsp3) is 0.667. The number of carboxylic acid groups (broad SMARTS) is 3. The predicted octanol–water partition coefficient (Wildman–Crippen LogP) is -0.201. The quantitative estimate of drug-likeness (QED) is 0.0667. The average molecular weight is 902 g/mol. The molecule has 22 heteroatoms. The lowest BCUT2D eigenvalue weighted by Gasteiger charge is -2.33. The molecule has 1 aliphatic heterocycles. The SMILES string of the molecule is CC(C)(CCNC(=O)CN1CCN(CC(=O)O)CCN(CC(=O)O)CCN(CC(=O)O)CC1)OCCC(C)(C)OCCNC(=O)CCCC(=O)NCc1ccc(-c2nncnn2)cc1. The number of rotatable bonds is 26. The average Bonchev–Trinajstić information content (AvgIpc) is 3.22. The first-order valence-electron chi connectivity index (χ1n) is 21.6. The smallest absolute Gasteiger partial charge is 0.317 e.